The number of para-hydroxylation sites is 1. The number of fused-ring (bicyclic) bond motifs is 1. The molecule has 2 rings (SSSR count). The Labute approximate surface area is 95.5 Å². The minimum atomic E-state index is 0.925. The molecule has 80 valence electrons. The normalized spacial score (nSPS) is 10.8. The Morgan fingerprint density at radius 2 is 2.13 bits per heavy atom. The van der Waals surface area contributed by atoms with Crippen molar-refractivity contribution in [2.75, 3.05) is 17.6 Å². The van der Waals surface area contributed by atoms with Crippen molar-refractivity contribution >= 4 is 29.2 Å². The number of aryl methyl sites for hydroxylation is 1. The summed E-state index contributed by atoms with van der Waals surface area (Å²) < 4.78 is 0. The van der Waals surface area contributed by atoms with Crippen molar-refractivity contribution in [3.63, 3.8) is 0 Å². The number of aromatic amines is 1. The molecule has 0 bridgehead atoms. The number of aromatic nitrogens is 1. The van der Waals surface area contributed by atoms with Gasteiger partial charge in [-0.15, -0.1) is 0 Å². The maximum absolute atomic E-state index is 4.20. The van der Waals surface area contributed by atoms with Crippen LogP contribution >= 0.6 is 12.6 Å². The summed E-state index contributed by atoms with van der Waals surface area (Å²) in [7, 11) is 0. The fourth-order valence-electron chi connectivity index (χ4n) is 1.80. The zero-order chi connectivity index (χ0) is 10.7. The largest absolute Gasteiger partial charge is 0.383 e. The van der Waals surface area contributed by atoms with Crippen LogP contribution in [0.1, 0.15) is 12.1 Å². The summed E-state index contributed by atoms with van der Waals surface area (Å²) in [5, 5.41) is 4.73. The lowest BCUT2D eigenvalue weighted by molar-refractivity contribution is 0.994. The van der Waals surface area contributed by atoms with E-state index in [1.54, 1.807) is 0 Å². The number of anilines is 1. The van der Waals surface area contributed by atoms with Crippen molar-refractivity contribution in [2.45, 2.75) is 13.3 Å². The summed E-state index contributed by atoms with van der Waals surface area (Å²) in [5.74, 6) is 0.925. The average Bonchev–Trinajstić information content (AvgIpc) is 2.56. The molecule has 0 aliphatic rings. The minimum absolute atomic E-state index is 0.925. The molecule has 0 fully saturated rings. The number of benzene rings is 1. The van der Waals surface area contributed by atoms with E-state index in [2.05, 4.69) is 54.1 Å². The molecule has 0 radical (unpaired) electrons. The summed E-state index contributed by atoms with van der Waals surface area (Å²) in [5.41, 5.74) is 3.63. The highest BCUT2D eigenvalue weighted by molar-refractivity contribution is 7.80. The van der Waals surface area contributed by atoms with Crippen LogP contribution in [0, 0.1) is 6.92 Å². The Morgan fingerprint density at radius 1 is 1.33 bits per heavy atom. The Morgan fingerprint density at radius 3 is 2.93 bits per heavy atom. The van der Waals surface area contributed by atoms with Gasteiger partial charge in [-0.2, -0.15) is 12.6 Å². The molecule has 1 aromatic carbocycles. The van der Waals surface area contributed by atoms with Crippen molar-refractivity contribution < 1.29 is 0 Å². The predicted molar refractivity (Wildman–Crippen MR) is 70.0 cm³/mol. The van der Waals surface area contributed by atoms with Crippen LogP contribution < -0.4 is 5.32 Å². The lowest BCUT2D eigenvalue weighted by Crippen LogP contribution is -2.02. The van der Waals surface area contributed by atoms with Crippen LogP contribution in [-0.2, 0) is 0 Å². The standard InChI is InChI=1S/C12H16N2S/c1-9-12(13-7-4-8-15)10-5-2-3-6-11(10)14-9/h2-3,5-6,13-15H,4,7-8H2,1H3. The van der Waals surface area contributed by atoms with E-state index in [1.807, 2.05) is 0 Å². The lowest BCUT2D eigenvalue weighted by atomic mass is 10.2. The van der Waals surface area contributed by atoms with Crippen LogP contribution in [0.5, 0.6) is 0 Å². The van der Waals surface area contributed by atoms with Crippen molar-refractivity contribution in [3.8, 4) is 0 Å². The molecular weight excluding hydrogens is 204 g/mol. The van der Waals surface area contributed by atoms with Crippen molar-refractivity contribution in [2.24, 2.45) is 0 Å². The molecule has 2 nitrogen and oxygen atoms in total. The number of hydrogen-bond donors (Lipinski definition) is 3. The third-order valence-corrected chi connectivity index (χ3v) is 2.85. The molecule has 2 N–H and O–H groups in total. The van der Waals surface area contributed by atoms with Crippen molar-refractivity contribution in [1.29, 1.82) is 0 Å². The summed E-state index contributed by atoms with van der Waals surface area (Å²) >= 11 is 4.20. The van der Waals surface area contributed by atoms with Crippen LogP contribution in [0.3, 0.4) is 0 Å². The highest BCUT2D eigenvalue weighted by atomic mass is 32.1. The molecule has 0 amide bonds. The Bertz CT molecular complexity index is 448. The van der Waals surface area contributed by atoms with Gasteiger partial charge in [-0.3, -0.25) is 0 Å². The molecule has 0 atom stereocenters. The number of nitrogens with one attached hydrogen (secondary N) is 2. The van der Waals surface area contributed by atoms with E-state index < -0.39 is 0 Å². The van der Waals surface area contributed by atoms with E-state index >= 15 is 0 Å². The highest BCUT2D eigenvalue weighted by Gasteiger charge is 2.05. The van der Waals surface area contributed by atoms with E-state index in [1.165, 1.54) is 22.3 Å². The van der Waals surface area contributed by atoms with E-state index in [-0.39, 0.29) is 0 Å². The zero-order valence-corrected chi connectivity index (χ0v) is 9.77. The van der Waals surface area contributed by atoms with Crippen molar-refractivity contribution in [1.82, 2.24) is 4.98 Å². The van der Waals surface area contributed by atoms with Crippen LogP contribution in [-0.4, -0.2) is 17.3 Å². The molecule has 15 heavy (non-hydrogen) atoms. The first-order valence-corrected chi connectivity index (χ1v) is 5.88. The third kappa shape index (κ3) is 2.12. The Kier molecular flexibility index (Phi) is 3.21. The monoisotopic (exact) mass is 220 g/mol. The summed E-state index contributed by atoms with van der Waals surface area (Å²) in [4.78, 5) is 3.37. The average molecular weight is 220 g/mol. The smallest absolute Gasteiger partial charge is 0.0628 e. The van der Waals surface area contributed by atoms with E-state index in [9.17, 15) is 0 Å². The van der Waals surface area contributed by atoms with Gasteiger partial charge in [-0.25, -0.2) is 0 Å². The van der Waals surface area contributed by atoms with E-state index in [0.717, 1.165) is 18.7 Å². The molecule has 1 aromatic heterocycles. The quantitative estimate of drug-likeness (QED) is 0.536. The lowest BCUT2D eigenvalue weighted by Gasteiger charge is -2.04. The first-order chi connectivity index (χ1) is 7.33. The van der Waals surface area contributed by atoms with Gasteiger partial charge < -0.3 is 10.3 Å². The number of rotatable bonds is 4. The second-order valence-electron chi connectivity index (χ2n) is 3.67. The maximum atomic E-state index is 4.20. The van der Waals surface area contributed by atoms with Gasteiger partial charge in [-0.1, -0.05) is 18.2 Å². The van der Waals surface area contributed by atoms with Crippen LogP contribution in [0.25, 0.3) is 10.9 Å². The molecule has 0 saturated heterocycles. The summed E-state index contributed by atoms with van der Waals surface area (Å²) in [6.07, 6.45) is 1.09. The Balaban J connectivity index is 2.28. The van der Waals surface area contributed by atoms with Gasteiger partial charge in [0, 0.05) is 23.1 Å². The first-order valence-electron chi connectivity index (χ1n) is 5.25. The van der Waals surface area contributed by atoms with Gasteiger partial charge in [0.05, 0.1) is 5.69 Å². The summed E-state index contributed by atoms with van der Waals surface area (Å²) in [6, 6.07) is 8.36. The molecular formula is C12H16N2S. The van der Waals surface area contributed by atoms with Gasteiger partial charge in [0.1, 0.15) is 0 Å². The van der Waals surface area contributed by atoms with Gasteiger partial charge in [-0.05, 0) is 25.2 Å². The van der Waals surface area contributed by atoms with Crippen LogP contribution in [0.4, 0.5) is 5.69 Å². The third-order valence-electron chi connectivity index (χ3n) is 2.53. The first kappa shape index (κ1) is 10.4. The molecule has 0 unspecified atom stereocenters. The molecule has 0 spiro atoms. The van der Waals surface area contributed by atoms with Gasteiger partial charge in [0.25, 0.3) is 0 Å². The number of hydrogen-bond acceptors (Lipinski definition) is 2. The number of H-pyrrole nitrogens is 1. The molecule has 0 aliphatic carbocycles. The minimum Gasteiger partial charge on any atom is -0.383 e. The van der Waals surface area contributed by atoms with Crippen molar-refractivity contribution in [3.05, 3.63) is 30.0 Å². The highest BCUT2D eigenvalue weighted by Crippen LogP contribution is 2.26. The topological polar surface area (TPSA) is 27.8 Å². The molecule has 3 heteroatoms. The summed E-state index contributed by atoms with van der Waals surface area (Å²) in [6.45, 7) is 3.08. The fourth-order valence-corrected chi connectivity index (χ4v) is 1.95. The second kappa shape index (κ2) is 4.62. The molecule has 2 aromatic rings. The SMILES string of the molecule is Cc1[nH]c2ccccc2c1NCCCS. The van der Waals surface area contributed by atoms with Gasteiger partial charge in [0.2, 0.25) is 0 Å². The molecule has 0 saturated carbocycles. The van der Waals surface area contributed by atoms with Crippen LogP contribution in [0.15, 0.2) is 24.3 Å². The predicted octanol–water partition coefficient (Wildman–Crippen LogP) is 3.21. The van der Waals surface area contributed by atoms with Crippen LogP contribution in [0.2, 0.25) is 0 Å². The molecule has 1 heterocycles. The fraction of sp³-hybridized carbons (Fsp3) is 0.333. The van der Waals surface area contributed by atoms with Gasteiger partial charge >= 0.3 is 0 Å². The molecule has 0 aliphatic heterocycles. The zero-order valence-electron chi connectivity index (χ0n) is 8.88. The Hall–Kier alpha value is -1.09. The van der Waals surface area contributed by atoms with E-state index in [4.69, 9.17) is 0 Å². The maximum Gasteiger partial charge on any atom is 0.0628 e. The van der Waals surface area contributed by atoms with Gasteiger partial charge in [0.15, 0.2) is 0 Å². The number of thiol groups is 1. The van der Waals surface area contributed by atoms with E-state index in [0.29, 0.717) is 0 Å². The second-order valence-corrected chi connectivity index (χ2v) is 4.12.